The Kier molecular flexibility index (Phi) is 17.4. The molecule has 0 saturated carbocycles. The number of hydrogen-bond donors (Lipinski definition) is 2. The van der Waals surface area contributed by atoms with E-state index >= 15 is 0 Å². The zero-order valence-electron chi connectivity index (χ0n) is 27.5. The highest BCUT2D eigenvalue weighted by Crippen LogP contribution is 2.38. The summed E-state index contributed by atoms with van der Waals surface area (Å²) >= 11 is 2.59. The molecule has 3 rings (SSSR count). The zero-order valence-corrected chi connectivity index (χ0v) is 29.1. The first-order chi connectivity index (χ1) is 22.4. The molecule has 0 radical (unpaired) electrons. The van der Waals surface area contributed by atoms with Crippen molar-refractivity contribution >= 4 is 51.7 Å². The fourth-order valence-electron chi connectivity index (χ4n) is 5.15. The molecule has 3 N–H and O–H groups in total. The minimum Gasteiger partial charge on any atom is -0.458 e. The van der Waals surface area contributed by atoms with Crippen LogP contribution in [-0.4, -0.2) is 90.2 Å². The number of nitrogen functional groups attached to an aromatic ring is 1. The van der Waals surface area contributed by atoms with E-state index in [9.17, 15) is 14.4 Å². The van der Waals surface area contributed by atoms with E-state index in [0.717, 1.165) is 37.0 Å². The predicted molar refractivity (Wildman–Crippen MR) is 181 cm³/mol. The molecule has 3 heterocycles. The number of thioether (sulfide) groups is 1. The number of hydrogen-bond acceptors (Lipinski definition) is 12. The molecule has 1 fully saturated rings. The highest BCUT2D eigenvalue weighted by atomic mass is 32.2. The van der Waals surface area contributed by atoms with Gasteiger partial charge in [0.15, 0.2) is 10.8 Å². The summed E-state index contributed by atoms with van der Waals surface area (Å²) in [5.74, 6) is -1.17. The monoisotopic (exact) mass is 681 g/mol. The fourth-order valence-corrected chi connectivity index (χ4v) is 6.89. The second kappa shape index (κ2) is 21.2. The molecule has 3 atom stereocenters. The third-order valence-electron chi connectivity index (χ3n) is 7.70. The largest absolute Gasteiger partial charge is 0.458 e. The maximum atomic E-state index is 13.2. The van der Waals surface area contributed by atoms with E-state index in [1.165, 1.54) is 75.1 Å². The fraction of sp³-hybridized carbons (Fsp3) is 0.719. The van der Waals surface area contributed by atoms with E-state index in [-0.39, 0.29) is 28.8 Å². The lowest BCUT2D eigenvalue weighted by Crippen LogP contribution is -2.70. The number of anilines is 1. The van der Waals surface area contributed by atoms with Crippen LogP contribution in [-0.2, 0) is 33.4 Å². The maximum Gasteiger partial charge on any atom is 0.354 e. The van der Waals surface area contributed by atoms with E-state index in [4.69, 9.17) is 24.8 Å². The lowest BCUT2D eigenvalue weighted by atomic mass is 10.0. The molecule has 0 spiro atoms. The molecule has 258 valence electrons. The summed E-state index contributed by atoms with van der Waals surface area (Å²) in [6, 6.07) is -0.851. The number of nitrogens with zero attached hydrogens (tertiary/aromatic N) is 3. The average molecular weight is 682 g/mol. The Bertz CT molecular complexity index is 1160. The van der Waals surface area contributed by atoms with Gasteiger partial charge in [0.1, 0.15) is 42.6 Å². The van der Waals surface area contributed by atoms with Gasteiger partial charge in [-0.2, -0.15) is 0 Å². The number of carbonyl (C=O) groups is 3. The second-order valence-corrected chi connectivity index (χ2v) is 13.4. The van der Waals surface area contributed by atoms with E-state index < -0.39 is 35.3 Å². The minimum atomic E-state index is -0.851. The van der Waals surface area contributed by atoms with Crippen LogP contribution in [0.5, 0.6) is 0 Å². The molecule has 1 saturated heterocycles. The lowest BCUT2D eigenvalue weighted by molar-refractivity contribution is -0.155. The van der Waals surface area contributed by atoms with Gasteiger partial charge in [0, 0.05) is 24.3 Å². The van der Waals surface area contributed by atoms with Crippen molar-refractivity contribution in [2.24, 2.45) is 5.16 Å². The molecule has 2 aliphatic rings. The SMILES string of the molecule is CCCCCCCCOCC(COC(=O)C1=CCS[C@@H]2C(NC(=O)C(=NOC)c3csc(N)n3)C(=O)N12)OCCCCCCCC. The van der Waals surface area contributed by atoms with Gasteiger partial charge in [0.2, 0.25) is 0 Å². The number of thiazole rings is 1. The van der Waals surface area contributed by atoms with Gasteiger partial charge in [-0.05, 0) is 18.9 Å². The Morgan fingerprint density at radius 3 is 2.37 bits per heavy atom. The van der Waals surface area contributed by atoms with Gasteiger partial charge in [-0.3, -0.25) is 14.5 Å². The third-order valence-corrected chi connectivity index (χ3v) is 9.56. The van der Waals surface area contributed by atoms with Crippen LogP contribution in [0.2, 0.25) is 0 Å². The number of rotatable bonds is 24. The van der Waals surface area contributed by atoms with Gasteiger partial charge in [0.25, 0.3) is 11.8 Å². The Morgan fingerprint density at radius 2 is 1.72 bits per heavy atom. The van der Waals surface area contributed by atoms with Crippen molar-refractivity contribution in [1.82, 2.24) is 15.2 Å². The molecule has 14 heteroatoms. The van der Waals surface area contributed by atoms with Crippen molar-refractivity contribution in [2.75, 3.05) is 45.0 Å². The van der Waals surface area contributed by atoms with Crippen molar-refractivity contribution in [3.63, 3.8) is 0 Å². The van der Waals surface area contributed by atoms with Gasteiger partial charge < -0.3 is 30.1 Å². The number of oxime groups is 1. The molecule has 0 aliphatic carbocycles. The third kappa shape index (κ3) is 11.8. The van der Waals surface area contributed by atoms with Crippen molar-refractivity contribution in [1.29, 1.82) is 0 Å². The Balaban J connectivity index is 1.50. The van der Waals surface area contributed by atoms with E-state index in [2.05, 4.69) is 29.3 Å². The topological polar surface area (TPSA) is 155 Å². The molecule has 1 aromatic rings. The summed E-state index contributed by atoms with van der Waals surface area (Å²) in [7, 11) is 1.31. The number of esters is 1. The van der Waals surface area contributed by atoms with Crippen LogP contribution in [0.3, 0.4) is 0 Å². The maximum absolute atomic E-state index is 13.2. The number of carbonyl (C=O) groups excluding carboxylic acids is 3. The van der Waals surface area contributed by atoms with Crippen LogP contribution in [0.25, 0.3) is 0 Å². The normalized spacial score (nSPS) is 18.4. The van der Waals surface area contributed by atoms with Crippen molar-refractivity contribution < 1.29 is 33.4 Å². The summed E-state index contributed by atoms with van der Waals surface area (Å²) in [4.78, 5) is 49.6. The molecule has 0 aromatic carbocycles. The standard InChI is InChI=1S/C32H51N5O7S2/c1-4-6-8-10-12-14-17-42-20-23(43-18-15-13-11-9-7-5-2)21-44-31(40)25-16-19-45-30-27(29(39)37(25)30)35-28(38)26(36-41-3)24-22-46-32(33)34-24/h16,22-23,27,30H,4-15,17-21H2,1-3H3,(H2,33,34)(H,35,38)/t23?,27?,30-/m1/s1. The van der Waals surface area contributed by atoms with Crippen molar-refractivity contribution in [3.8, 4) is 0 Å². The van der Waals surface area contributed by atoms with E-state index in [0.29, 0.717) is 25.6 Å². The van der Waals surface area contributed by atoms with Gasteiger partial charge in [0.05, 0.1) is 6.61 Å². The number of unbranched alkanes of at least 4 members (excludes halogenated alkanes) is 10. The van der Waals surface area contributed by atoms with E-state index in [1.807, 2.05) is 0 Å². The molecule has 0 bridgehead atoms. The smallest absolute Gasteiger partial charge is 0.354 e. The van der Waals surface area contributed by atoms with Gasteiger partial charge in [-0.1, -0.05) is 83.2 Å². The number of aromatic nitrogens is 1. The molecule has 2 amide bonds. The first-order valence-electron chi connectivity index (χ1n) is 16.6. The molecule has 12 nitrogen and oxygen atoms in total. The summed E-state index contributed by atoms with van der Waals surface area (Å²) in [6.45, 7) is 5.98. The molecule has 2 aliphatic heterocycles. The van der Waals surface area contributed by atoms with Gasteiger partial charge >= 0.3 is 5.97 Å². The van der Waals surface area contributed by atoms with Crippen LogP contribution in [0.4, 0.5) is 5.13 Å². The molecule has 46 heavy (non-hydrogen) atoms. The molecule has 1 aromatic heterocycles. The average Bonchev–Trinajstić information content (AvgIpc) is 3.49. The van der Waals surface area contributed by atoms with Crippen LogP contribution in [0.15, 0.2) is 22.3 Å². The highest BCUT2D eigenvalue weighted by Gasteiger charge is 2.53. The number of ether oxygens (including phenoxy) is 3. The number of amides is 2. The van der Waals surface area contributed by atoms with Crippen molar-refractivity contribution in [2.45, 2.75) is 108 Å². The lowest BCUT2D eigenvalue weighted by Gasteiger charge is -2.48. The summed E-state index contributed by atoms with van der Waals surface area (Å²) in [5, 5.41) is 7.87. The van der Waals surface area contributed by atoms with Crippen LogP contribution < -0.4 is 11.1 Å². The number of β-lactam (4-membered cyclic amide) rings is 1. The van der Waals surface area contributed by atoms with Crippen LogP contribution in [0.1, 0.15) is 96.6 Å². The number of nitrogens with two attached hydrogens (primary N) is 1. The van der Waals surface area contributed by atoms with Crippen LogP contribution >= 0.6 is 23.1 Å². The summed E-state index contributed by atoms with van der Waals surface area (Å²) < 4.78 is 17.7. The first-order valence-corrected chi connectivity index (χ1v) is 18.5. The minimum absolute atomic E-state index is 0.0239. The molecule has 2 unspecified atom stereocenters. The van der Waals surface area contributed by atoms with Gasteiger partial charge in [-0.25, -0.2) is 9.78 Å². The predicted octanol–water partition coefficient (Wildman–Crippen LogP) is 5.03. The summed E-state index contributed by atoms with van der Waals surface area (Å²) in [5.41, 5.74) is 6.02. The Hall–Kier alpha value is -2.68. The second-order valence-electron chi connectivity index (χ2n) is 11.4. The Labute approximate surface area is 281 Å². The zero-order chi connectivity index (χ0) is 33.1. The molecular weight excluding hydrogens is 631 g/mol. The van der Waals surface area contributed by atoms with Crippen LogP contribution in [0, 0.1) is 0 Å². The number of nitrogens with one attached hydrogen (secondary N) is 1. The quantitative estimate of drug-likeness (QED) is 0.0499. The van der Waals surface area contributed by atoms with Crippen molar-refractivity contribution in [3.05, 3.63) is 22.8 Å². The van der Waals surface area contributed by atoms with E-state index in [1.54, 1.807) is 11.5 Å². The number of fused-ring (bicyclic) bond motifs is 1. The first kappa shape index (κ1) is 37.8. The Morgan fingerprint density at radius 1 is 1.04 bits per heavy atom. The highest BCUT2D eigenvalue weighted by molar-refractivity contribution is 8.00. The molecular formula is C32H51N5O7S2. The van der Waals surface area contributed by atoms with Gasteiger partial charge in [-0.15, -0.1) is 23.1 Å². The summed E-state index contributed by atoms with van der Waals surface area (Å²) in [6.07, 6.45) is 15.3.